The van der Waals surface area contributed by atoms with E-state index in [0.29, 0.717) is 23.1 Å². The number of aromatic nitrogens is 3. The van der Waals surface area contributed by atoms with Crippen LogP contribution in [0.5, 0.6) is 6.01 Å². The van der Waals surface area contributed by atoms with Crippen molar-refractivity contribution in [3.8, 4) is 17.4 Å². The summed E-state index contributed by atoms with van der Waals surface area (Å²) in [7, 11) is 1.68. The van der Waals surface area contributed by atoms with Gasteiger partial charge in [-0.15, -0.1) is 0 Å². The van der Waals surface area contributed by atoms with Crippen molar-refractivity contribution in [3.05, 3.63) is 29.0 Å². The third-order valence-corrected chi connectivity index (χ3v) is 2.77. The van der Waals surface area contributed by atoms with Gasteiger partial charge in [0.2, 0.25) is 5.95 Å². The minimum absolute atomic E-state index is 0.182. The van der Waals surface area contributed by atoms with Gasteiger partial charge in [0.25, 0.3) is 0 Å². The average molecular weight is 297 g/mol. The fourth-order valence-electron chi connectivity index (χ4n) is 1.52. The summed E-state index contributed by atoms with van der Waals surface area (Å²) in [6.07, 6.45) is 0.830. The highest BCUT2D eigenvalue weighted by molar-refractivity contribution is 6.33. The Kier molecular flexibility index (Phi) is 4.68. The minimum Gasteiger partial charge on any atom is -0.463 e. The van der Waals surface area contributed by atoms with Crippen LogP contribution in [0.2, 0.25) is 5.02 Å². The van der Waals surface area contributed by atoms with Crippen LogP contribution in [-0.2, 0) is 0 Å². The number of hydrogen-bond donors (Lipinski definition) is 1. The number of benzene rings is 1. The van der Waals surface area contributed by atoms with Gasteiger partial charge in [-0.05, 0) is 24.6 Å². The van der Waals surface area contributed by atoms with Gasteiger partial charge >= 0.3 is 6.01 Å². The molecule has 0 aliphatic carbocycles. The molecule has 0 fully saturated rings. The Morgan fingerprint density at radius 3 is 2.80 bits per heavy atom. The van der Waals surface area contributed by atoms with Crippen molar-refractivity contribution in [2.45, 2.75) is 13.3 Å². The zero-order valence-corrected chi connectivity index (χ0v) is 11.9. The van der Waals surface area contributed by atoms with Gasteiger partial charge in [0, 0.05) is 12.6 Å². The molecule has 20 heavy (non-hydrogen) atoms. The predicted octanol–water partition coefficient (Wildman–Crippen LogP) is 3.16. The van der Waals surface area contributed by atoms with E-state index in [-0.39, 0.29) is 11.8 Å². The maximum atomic E-state index is 13.3. The van der Waals surface area contributed by atoms with Crippen molar-refractivity contribution in [3.63, 3.8) is 0 Å². The molecule has 0 unspecified atom stereocenters. The van der Waals surface area contributed by atoms with E-state index in [4.69, 9.17) is 16.3 Å². The van der Waals surface area contributed by atoms with Crippen molar-refractivity contribution in [2.75, 3.05) is 19.0 Å². The van der Waals surface area contributed by atoms with E-state index in [0.717, 1.165) is 6.42 Å². The third kappa shape index (κ3) is 3.33. The lowest BCUT2D eigenvalue weighted by Crippen LogP contribution is -2.06. The van der Waals surface area contributed by atoms with Gasteiger partial charge in [-0.3, -0.25) is 0 Å². The first kappa shape index (κ1) is 14.5. The quantitative estimate of drug-likeness (QED) is 0.918. The fraction of sp³-hybridized carbons (Fsp3) is 0.308. The fourth-order valence-corrected chi connectivity index (χ4v) is 1.72. The molecule has 0 saturated heterocycles. The molecular formula is C13H14ClFN4O. The molecule has 2 aromatic rings. The lowest BCUT2D eigenvalue weighted by Gasteiger charge is -2.08. The Hall–Kier alpha value is -1.95. The second-order valence-corrected chi connectivity index (χ2v) is 4.40. The Morgan fingerprint density at radius 2 is 2.10 bits per heavy atom. The SMILES string of the molecule is CCCOc1nc(NC)nc(-c2cc(F)ccc2Cl)n1. The summed E-state index contributed by atoms with van der Waals surface area (Å²) in [5.41, 5.74) is 0.395. The van der Waals surface area contributed by atoms with Gasteiger partial charge in [-0.2, -0.15) is 15.0 Å². The first-order chi connectivity index (χ1) is 9.63. The molecular weight excluding hydrogens is 283 g/mol. The van der Waals surface area contributed by atoms with E-state index in [1.54, 1.807) is 7.05 Å². The number of rotatable bonds is 5. The van der Waals surface area contributed by atoms with Gasteiger partial charge in [-0.1, -0.05) is 18.5 Å². The summed E-state index contributed by atoms with van der Waals surface area (Å²) in [5.74, 6) is 0.188. The van der Waals surface area contributed by atoms with E-state index in [9.17, 15) is 4.39 Å². The van der Waals surface area contributed by atoms with E-state index in [1.165, 1.54) is 18.2 Å². The Balaban J connectivity index is 2.46. The Labute approximate surface area is 121 Å². The smallest absolute Gasteiger partial charge is 0.321 e. The molecule has 1 heterocycles. The van der Waals surface area contributed by atoms with Crippen molar-refractivity contribution < 1.29 is 9.13 Å². The minimum atomic E-state index is -0.410. The summed E-state index contributed by atoms with van der Waals surface area (Å²) in [4.78, 5) is 12.4. The molecule has 106 valence electrons. The maximum Gasteiger partial charge on any atom is 0.321 e. The molecule has 2 rings (SSSR count). The zero-order chi connectivity index (χ0) is 14.5. The molecule has 0 saturated carbocycles. The van der Waals surface area contributed by atoms with Crippen LogP contribution >= 0.6 is 11.6 Å². The Morgan fingerprint density at radius 1 is 1.30 bits per heavy atom. The summed E-state index contributed by atoms with van der Waals surface area (Å²) >= 11 is 6.05. The monoisotopic (exact) mass is 296 g/mol. The van der Waals surface area contributed by atoms with Crippen LogP contribution in [0.1, 0.15) is 13.3 Å². The second kappa shape index (κ2) is 6.47. The van der Waals surface area contributed by atoms with Crippen molar-refractivity contribution in [1.29, 1.82) is 0 Å². The summed E-state index contributed by atoms with van der Waals surface area (Å²) in [5, 5.41) is 3.17. The predicted molar refractivity (Wildman–Crippen MR) is 75.6 cm³/mol. The number of nitrogens with zero attached hydrogens (tertiary/aromatic N) is 3. The molecule has 0 aliphatic rings. The Bertz CT molecular complexity index is 609. The number of nitrogens with one attached hydrogen (secondary N) is 1. The zero-order valence-electron chi connectivity index (χ0n) is 11.2. The number of ether oxygens (including phenoxy) is 1. The van der Waals surface area contributed by atoms with Gasteiger partial charge < -0.3 is 10.1 Å². The highest BCUT2D eigenvalue weighted by atomic mass is 35.5. The first-order valence-corrected chi connectivity index (χ1v) is 6.54. The molecule has 1 N–H and O–H groups in total. The molecule has 1 aromatic carbocycles. The van der Waals surface area contributed by atoms with Gasteiger partial charge in [0.15, 0.2) is 5.82 Å². The van der Waals surface area contributed by atoms with Crippen molar-refractivity contribution >= 4 is 17.5 Å². The van der Waals surface area contributed by atoms with Crippen LogP contribution in [0.25, 0.3) is 11.4 Å². The van der Waals surface area contributed by atoms with E-state index >= 15 is 0 Å². The highest BCUT2D eigenvalue weighted by Gasteiger charge is 2.12. The van der Waals surface area contributed by atoms with Crippen LogP contribution in [-0.4, -0.2) is 28.6 Å². The molecule has 0 radical (unpaired) electrons. The molecule has 0 spiro atoms. The lowest BCUT2D eigenvalue weighted by molar-refractivity contribution is 0.292. The molecule has 5 nitrogen and oxygen atoms in total. The molecule has 0 amide bonds. The summed E-state index contributed by atoms with van der Waals surface area (Å²) in [6.45, 7) is 2.47. The molecule has 1 aromatic heterocycles. The van der Waals surface area contributed by atoms with Gasteiger partial charge in [-0.25, -0.2) is 4.39 Å². The van der Waals surface area contributed by atoms with E-state index < -0.39 is 5.82 Å². The molecule has 0 atom stereocenters. The largest absolute Gasteiger partial charge is 0.463 e. The van der Waals surface area contributed by atoms with Crippen molar-refractivity contribution in [2.24, 2.45) is 0 Å². The van der Waals surface area contributed by atoms with Crippen molar-refractivity contribution in [1.82, 2.24) is 15.0 Å². The van der Waals surface area contributed by atoms with E-state index in [1.807, 2.05) is 6.92 Å². The van der Waals surface area contributed by atoms with Gasteiger partial charge in [0.1, 0.15) is 5.82 Å². The second-order valence-electron chi connectivity index (χ2n) is 3.99. The molecule has 0 bridgehead atoms. The van der Waals surface area contributed by atoms with Crippen LogP contribution < -0.4 is 10.1 Å². The molecule has 7 heteroatoms. The normalized spacial score (nSPS) is 10.4. The maximum absolute atomic E-state index is 13.3. The van der Waals surface area contributed by atoms with E-state index in [2.05, 4.69) is 20.3 Å². The first-order valence-electron chi connectivity index (χ1n) is 6.16. The summed E-state index contributed by atoms with van der Waals surface area (Å²) < 4.78 is 18.7. The number of anilines is 1. The molecule has 0 aliphatic heterocycles. The number of halogens is 2. The topological polar surface area (TPSA) is 59.9 Å². The van der Waals surface area contributed by atoms with Crippen LogP contribution in [0.15, 0.2) is 18.2 Å². The van der Waals surface area contributed by atoms with Crippen LogP contribution in [0, 0.1) is 5.82 Å². The van der Waals surface area contributed by atoms with Crippen LogP contribution in [0.3, 0.4) is 0 Å². The standard InChI is InChI=1S/C13H14ClFN4O/c1-3-6-20-13-18-11(17-12(16-2)19-13)9-7-8(15)4-5-10(9)14/h4-5,7H,3,6H2,1-2H3,(H,16,17,18,19). The average Bonchev–Trinajstić information content (AvgIpc) is 2.47. The summed E-state index contributed by atoms with van der Waals surface area (Å²) in [6, 6.07) is 4.20. The van der Waals surface area contributed by atoms with Crippen LogP contribution in [0.4, 0.5) is 10.3 Å². The third-order valence-electron chi connectivity index (χ3n) is 2.44. The number of hydrogen-bond acceptors (Lipinski definition) is 5. The van der Waals surface area contributed by atoms with Gasteiger partial charge in [0.05, 0.1) is 11.6 Å². The lowest BCUT2D eigenvalue weighted by atomic mass is 10.2. The highest BCUT2D eigenvalue weighted by Crippen LogP contribution is 2.27.